The van der Waals surface area contributed by atoms with E-state index in [4.69, 9.17) is 47.4 Å². The van der Waals surface area contributed by atoms with Crippen LogP contribution in [-0.4, -0.2) is 54.2 Å². The second-order valence-corrected chi connectivity index (χ2v) is 10.6. The molecular formula is C31H31Cl2N5O4. The van der Waals surface area contributed by atoms with E-state index in [0.717, 1.165) is 36.3 Å². The van der Waals surface area contributed by atoms with Crippen molar-refractivity contribution in [2.24, 2.45) is 0 Å². The number of carbonyl (C=O) groups is 1. The summed E-state index contributed by atoms with van der Waals surface area (Å²) in [6.45, 7) is 6.84. The lowest BCUT2D eigenvalue weighted by atomic mass is 10.0. The molecule has 1 aliphatic heterocycles. The highest BCUT2D eigenvalue weighted by atomic mass is 35.5. The molecule has 2 aromatic heterocycles. The number of pyridine rings is 1. The van der Waals surface area contributed by atoms with E-state index in [1.54, 1.807) is 12.3 Å². The fourth-order valence-electron chi connectivity index (χ4n) is 4.90. The molecule has 11 heteroatoms. The van der Waals surface area contributed by atoms with Crippen molar-refractivity contribution < 1.29 is 19.0 Å². The molecule has 42 heavy (non-hydrogen) atoms. The minimum absolute atomic E-state index is 0.0611. The first-order valence-electron chi connectivity index (χ1n) is 13.5. The summed E-state index contributed by atoms with van der Waals surface area (Å²) in [5, 5.41) is 8.06. The van der Waals surface area contributed by atoms with E-state index in [2.05, 4.69) is 22.2 Å². The Hall–Kier alpha value is -3.92. The van der Waals surface area contributed by atoms with Crippen molar-refractivity contribution in [2.75, 3.05) is 38.0 Å². The predicted octanol–water partition coefficient (Wildman–Crippen LogP) is 6.96. The summed E-state index contributed by atoms with van der Waals surface area (Å²) >= 11 is 13.5. The molecule has 0 bridgehead atoms. The van der Waals surface area contributed by atoms with Crippen LogP contribution in [0.5, 0.6) is 11.5 Å². The van der Waals surface area contributed by atoms with Crippen molar-refractivity contribution in [3.8, 4) is 22.8 Å². The van der Waals surface area contributed by atoms with Crippen molar-refractivity contribution in [2.45, 2.75) is 32.3 Å². The number of halogens is 2. The Balaban J connectivity index is 1.61. The van der Waals surface area contributed by atoms with Crippen LogP contribution in [0.1, 0.15) is 24.0 Å². The number of rotatable bonds is 11. The molecular weight excluding hydrogens is 577 g/mol. The third-order valence-corrected chi connectivity index (χ3v) is 7.86. The quantitative estimate of drug-likeness (QED) is 0.175. The maximum Gasteiger partial charge on any atom is 0.227 e. The number of anilines is 3. The molecule has 3 heterocycles. The van der Waals surface area contributed by atoms with Gasteiger partial charge in [0.2, 0.25) is 5.95 Å². The van der Waals surface area contributed by atoms with Gasteiger partial charge in [-0.2, -0.15) is 0 Å². The molecule has 0 amide bonds. The van der Waals surface area contributed by atoms with Gasteiger partial charge in [0.05, 0.1) is 36.1 Å². The number of para-hydroxylation sites is 1. The molecule has 1 saturated heterocycles. The van der Waals surface area contributed by atoms with Crippen molar-refractivity contribution in [1.29, 1.82) is 0 Å². The second-order valence-electron chi connectivity index (χ2n) is 9.87. The van der Waals surface area contributed by atoms with Gasteiger partial charge in [-0.1, -0.05) is 48.0 Å². The van der Waals surface area contributed by atoms with Crippen LogP contribution >= 0.6 is 23.2 Å². The molecule has 2 aromatic carbocycles. The SMILES string of the molecule is C=CC(=O)Cc1cccc(C)c1Nc1ncc2cc(-c3c(Cl)c(OC)cc(OC)c3Cl)nc(NCC3CCCO3)c2n1. The van der Waals surface area contributed by atoms with Crippen LogP contribution in [0, 0.1) is 6.92 Å². The Morgan fingerprint density at radius 1 is 1.17 bits per heavy atom. The van der Waals surface area contributed by atoms with Crippen LogP contribution in [0.15, 0.2) is 49.2 Å². The van der Waals surface area contributed by atoms with Gasteiger partial charge in [-0.25, -0.2) is 15.0 Å². The summed E-state index contributed by atoms with van der Waals surface area (Å²) in [4.78, 5) is 26.5. The topological polar surface area (TPSA) is 107 Å². The van der Waals surface area contributed by atoms with E-state index in [0.29, 0.717) is 62.0 Å². The highest BCUT2D eigenvalue weighted by Crippen LogP contribution is 2.46. The Morgan fingerprint density at radius 2 is 1.93 bits per heavy atom. The number of ketones is 1. The number of hydrogen-bond acceptors (Lipinski definition) is 9. The Bertz CT molecular complexity index is 1630. The first kappa shape index (κ1) is 29.6. The summed E-state index contributed by atoms with van der Waals surface area (Å²) in [5.74, 6) is 1.61. The van der Waals surface area contributed by atoms with Gasteiger partial charge >= 0.3 is 0 Å². The summed E-state index contributed by atoms with van der Waals surface area (Å²) < 4.78 is 16.8. The van der Waals surface area contributed by atoms with Gasteiger partial charge < -0.3 is 24.8 Å². The molecule has 1 fully saturated rings. The maximum absolute atomic E-state index is 12.1. The minimum atomic E-state index is -0.0769. The fraction of sp³-hybridized carbons (Fsp3) is 0.290. The number of aryl methyl sites for hydroxylation is 1. The van der Waals surface area contributed by atoms with Crippen LogP contribution in [0.25, 0.3) is 22.2 Å². The molecule has 218 valence electrons. The Labute approximate surface area is 254 Å². The maximum atomic E-state index is 12.1. The average molecular weight is 609 g/mol. The zero-order valence-electron chi connectivity index (χ0n) is 23.6. The molecule has 2 N–H and O–H groups in total. The average Bonchev–Trinajstić information content (AvgIpc) is 3.52. The van der Waals surface area contributed by atoms with Gasteiger partial charge in [-0.15, -0.1) is 0 Å². The van der Waals surface area contributed by atoms with Gasteiger partial charge in [0, 0.05) is 48.5 Å². The third-order valence-electron chi connectivity index (χ3n) is 7.11. The third kappa shape index (κ3) is 6.13. The molecule has 1 aliphatic rings. The first-order chi connectivity index (χ1) is 20.3. The number of hydrogen-bond donors (Lipinski definition) is 2. The number of aromatic nitrogens is 3. The van der Waals surface area contributed by atoms with E-state index < -0.39 is 0 Å². The van der Waals surface area contributed by atoms with Crippen molar-refractivity contribution in [3.63, 3.8) is 0 Å². The lowest BCUT2D eigenvalue weighted by Crippen LogP contribution is -2.19. The number of ether oxygens (including phenoxy) is 3. The zero-order valence-corrected chi connectivity index (χ0v) is 25.1. The summed E-state index contributed by atoms with van der Waals surface area (Å²) in [6, 6.07) is 9.23. The van der Waals surface area contributed by atoms with E-state index in [-0.39, 0.29) is 18.3 Å². The molecule has 0 spiro atoms. The van der Waals surface area contributed by atoms with Crippen molar-refractivity contribution >= 4 is 57.3 Å². The smallest absolute Gasteiger partial charge is 0.227 e. The molecule has 4 aromatic rings. The van der Waals surface area contributed by atoms with Crippen molar-refractivity contribution in [1.82, 2.24) is 15.0 Å². The van der Waals surface area contributed by atoms with Crippen LogP contribution < -0.4 is 20.1 Å². The van der Waals surface area contributed by atoms with Gasteiger partial charge in [0.25, 0.3) is 0 Å². The van der Waals surface area contributed by atoms with E-state index in [9.17, 15) is 4.79 Å². The zero-order chi connectivity index (χ0) is 29.8. The highest BCUT2D eigenvalue weighted by molar-refractivity contribution is 6.41. The standard InChI is InChI=1S/C31H31Cl2N5O4/c1-5-20(39)12-18-9-6-8-17(2)28(18)37-31-35-15-19-13-22(25-26(32)23(40-3)14-24(41-4)27(25)33)36-30(29(19)38-31)34-16-21-10-7-11-42-21/h5-6,8-9,13-15,21H,1,7,10-12,16H2,2-4H3,(H,34,36)(H,35,37,38). The molecule has 1 unspecified atom stereocenters. The molecule has 9 nitrogen and oxygen atoms in total. The molecule has 0 radical (unpaired) electrons. The normalized spacial score (nSPS) is 14.5. The number of allylic oxidation sites excluding steroid dienone is 1. The Morgan fingerprint density at radius 3 is 2.60 bits per heavy atom. The number of methoxy groups -OCH3 is 2. The van der Waals surface area contributed by atoms with Gasteiger partial charge in [0.1, 0.15) is 17.0 Å². The van der Waals surface area contributed by atoms with Crippen LogP contribution in [0.4, 0.5) is 17.5 Å². The summed E-state index contributed by atoms with van der Waals surface area (Å²) in [7, 11) is 3.05. The lowest BCUT2D eigenvalue weighted by Gasteiger charge is -2.18. The number of nitrogens with zero attached hydrogens (tertiary/aromatic N) is 3. The highest BCUT2D eigenvalue weighted by Gasteiger charge is 2.23. The summed E-state index contributed by atoms with van der Waals surface area (Å²) in [6.07, 6.45) is 5.27. The van der Waals surface area contributed by atoms with E-state index in [1.807, 2.05) is 31.2 Å². The number of benzene rings is 2. The van der Waals surface area contributed by atoms with Crippen molar-refractivity contribution in [3.05, 3.63) is 70.4 Å². The largest absolute Gasteiger partial charge is 0.495 e. The van der Waals surface area contributed by atoms with Crippen LogP contribution in [0.2, 0.25) is 10.0 Å². The molecule has 0 saturated carbocycles. The minimum Gasteiger partial charge on any atom is -0.495 e. The van der Waals surface area contributed by atoms with Gasteiger partial charge in [-0.05, 0) is 43.0 Å². The van der Waals surface area contributed by atoms with Gasteiger partial charge in [-0.3, -0.25) is 4.79 Å². The number of nitrogens with one attached hydrogen (secondary N) is 2. The molecule has 5 rings (SSSR count). The molecule has 0 aliphatic carbocycles. The van der Waals surface area contributed by atoms with E-state index >= 15 is 0 Å². The molecule has 1 atom stereocenters. The Kier molecular flexibility index (Phi) is 9.11. The van der Waals surface area contributed by atoms with E-state index in [1.165, 1.54) is 20.3 Å². The first-order valence-corrected chi connectivity index (χ1v) is 14.2. The van der Waals surface area contributed by atoms with Crippen LogP contribution in [0.3, 0.4) is 0 Å². The number of carbonyl (C=O) groups excluding carboxylic acids is 1. The fourth-order valence-corrected chi connectivity index (χ4v) is 5.60. The number of fused-ring (bicyclic) bond motifs is 1. The lowest BCUT2D eigenvalue weighted by molar-refractivity contribution is -0.114. The monoisotopic (exact) mass is 607 g/mol. The summed E-state index contributed by atoms with van der Waals surface area (Å²) in [5.41, 5.74) is 4.11. The van der Waals surface area contributed by atoms with Gasteiger partial charge in [0.15, 0.2) is 11.6 Å². The van der Waals surface area contributed by atoms with Crippen LogP contribution in [-0.2, 0) is 16.0 Å². The predicted molar refractivity (Wildman–Crippen MR) is 167 cm³/mol. The second kappa shape index (κ2) is 12.9.